The van der Waals surface area contributed by atoms with Gasteiger partial charge < -0.3 is 10.2 Å². The van der Waals surface area contributed by atoms with E-state index in [-0.39, 0.29) is 18.4 Å². The first kappa shape index (κ1) is 20.3. The summed E-state index contributed by atoms with van der Waals surface area (Å²) < 4.78 is 0. The second-order valence-corrected chi connectivity index (χ2v) is 6.83. The number of halogens is 2. The summed E-state index contributed by atoms with van der Waals surface area (Å²) >= 11 is 12.0. The van der Waals surface area contributed by atoms with Crippen LogP contribution in [0, 0.1) is 0 Å². The third-order valence-corrected chi connectivity index (χ3v) is 4.72. The Morgan fingerprint density at radius 3 is 2.42 bits per heavy atom. The van der Waals surface area contributed by atoms with Crippen LogP contribution in [0.4, 0.5) is 0 Å². The zero-order chi connectivity index (χ0) is 19.1. The van der Waals surface area contributed by atoms with E-state index in [1.54, 1.807) is 36.9 Å². The standard InChI is InChI=1S/C20H22Cl2N2O2/c1-3-19(25)24(13-15-7-5-4-6-8-15)14(2)20(26)23-12-16-9-10-17(21)11-18(16)22/h4-11,14H,3,12-13H2,1-2H3,(H,23,26)/t14-/m1/s1. The van der Waals surface area contributed by atoms with Gasteiger partial charge >= 0.3 is 0 Å². The van der Waals surface area contributed by atoms with Crippen molar-refractivity contribution in [1.29, 1.82) is 0 Å². The van der Waals surface area contributed by atoms with Crippen LogP contribution in [0.15, 0.2) is 48.5 Å². The van der Waals surface area contributed by atoms with Crippen LogP contribution in [0.25, 0.3) is 0 Å². The molecule has 0 aromatic heterocycles. The minimum absolute atomic E-state index is 0.0685. The highest BCUT2D eigenvalue weighted by Crippen LogP contribution is 2.21. The van der Waals surface area contributed by atoms with Gasteiger partial charge in [0.05, 0.1) is 0 Å². The lowest BCUT2D eigenvalue weighted by molar-refractivity contribution is -0.140. The van der Waals surface area contributed by atoms with Gasteiger partial charge in [-0.05, 0) is 30.2 Å². The molecule has 2 aromatic rings. The van der Waals surface area contributed by atoms with Crippen LogP contribution in [-0.2, 0) is 22.7 Å². The van der Waals surface area contributed by atoms with E-state index in [1.165, 1.54) is 0 Å². The molecule has 0 saturated carbocycles. The number of nitrogens with one attached hydrogen (secondary N) is 1. The summed E-state index contributed by atoms with van der Waals surface area (Å²) in [5, 5.41) is 3.88. The van der Waals surface area contributed by atoms with Gasteiger partial charge in [0.25, 0.3) is 0 Å². The summed E-state index contributed by atoms with van der Waals surface area (Å²) in [6, 6.07) is 14.2. The Bertz CT molecular complexity index is 766. The lowest BCUT2D eigenvalue weighted by Crippen LogP contribution is -2.47. The number of benzene rings is 2. The Morgan fingerprint density at radius 1 is 1.12 bits per heavy atom. The molecule has 0 aliphatic rings. The van der Waals surface area contributed by atoms with Gasteiger partial charge in [-0.25, -0.2) is 0 Å². The van der Waals surface area contributed by atoms with Gasteiger partial charge in [0, 0.05) is 29.6 Å². The molecule has 1 N–H and O–H groups in total. The maximum atomic E-state index is 12.6. The van der Waals surface area contributed by atoms with Gasteiger partial charge in [0.2, 0.25) is 11.8 Å². The highest BCUT2D eigenvalue weighted by Gasteiger charge is 2.25. The summed E-state index contributed by atoms with van der Waals surface area (Å²) in [6.45, 7) is 4.19. The fourth-order valence-electron chi connectivity index (χ4n) is 2.56. The van der Waals surface area contributed by atoms with Crippen molar-refractivity contribution in [3.05, 3.63) is 69.7 Å². The molecule has 4 nitrogen and oxygen atoms in total. The minimum Gasteiger partial charge on any atom is -0.350 e. The van der Waals surface area contributed by atoms with Crippen molar-refractivity contribution in [3.8, 4) is 0 Å². The van der Waals surface area contributed by atoms with E-state index in [0.717, 1.165) is 11.1 Å². The number of hydrogen-bond donors (Lipinski definition) is 1. The van der Waals surface area contributed by atoms with Crippen molar-refractivity contribution in [2.24, 2.45) is 0 Å². The molecule has 26 heavy (non-hydrogen) atoms. The van der Waals surface area contributed by atoms with Crippen LogP contribution in [-0.4, -0.2) is 22.8 Å². The Hall–Kier alpha value is -2.04. The van der Waals surface area contributed by atoms with Gasteiger partial charge in [0.1, 0.15) is 6.04 Å². The molecule has 138 valence electrons. The predicted octanol–water partition coefficient (Wildman–Crippen LogP) is 4.44. The van der Waals surface area contributed by atoms with Gasteiger partial charge in [0.15, 0.2) is 0 Å². The van der Waals surface area contributed by atoms with Crippen molar-refractivity contribution < 1.29 is 9.59 Å². The van der Waals surface area contributed by atoms with E-state index in [1.807, 2.05) is 30.3 Å². The number of hydrogen-bond acceptors (Lipinski definition) is 2. The third kappa shape index (κ3) is 5.48. The molecule has 0 radical (unpaired) electrons. The van der Waals surface area contributed by atoms with Crippen LogP contribution >= 0.6 is 23.2 Å². The summed E-state index contributed by atoms with van der Waals surface area (Å²) in [5.41, 5.74) is 1.75. The first-order valence-electron chi connectivity index (χ1n) is 8.47. The fraction of sp³-hybridized carbons (Fsp3) is 0.300. The highest BCUT2D eigenvalue weighted by atomic mass is 35.5. The average Bonchev–Trinajstić information content (AvgIpc) is 2.64. The molecule has 2 aromatic carbocycles. The number of carbonyl (C=O) groups is 2. The molecular weight excluding hydrogens is 371 g/mol. The summed E-state index contributed by atoms with van der Waals surface area (Å²) in [7, 11) is 0. The van der Waals surface area contributed by atoms with Gasteiger partial charge in [-0.3, -0.25) is 9.59 Å². The van der Waals surface area contributed by atoms with E-state index in [0.29, 0.717) is 23.0 Å². The highest BCUT2D eigenvalue weighted by molar-refractivity contribution is 6.35. The van der Waals surface area contributed by atoms with Crippen molar-refractivity contribution in [2.75, 3.05) is 0 Å². The lowest BCUT2D eigenvalue weighted by atomic mass is 10.1. The Morgan fingerprint density at radius 2 is 1.81 bits per heavy atom. The molecule has 0 aliphatic carbocycles. The van der Waals surface area contributed by atoms with Crippen LogP contribution in [0.3, 0.4) is 0 Å². The largest absolute Gasteiger partial charge is 0.350 e. The molecule has 0 unspecified atom stereocenters. The van der Waals surface area contributed by atoms with Crippen LogP contribution in [0.1, 0.15) is 31.4 Å². The maximum absolute atomic E-state index is 12.6. The van der Waals surface area contributed by atoms with Crippen LogP contribution < -0.4 is 5.32 Å². The number of carbonyl (C=O) groups excluding carboxylic acids is 2. The van der Waals surface area contributed by atoms with E-state index >= 15 is 0 Å². The van der Waals surface area contributed by atoms with Gasteiger partial charge in [-0.2, -0.15) is 0 Å². The van der Waals surface area contributed by atoms with Crippen LogP contribution in [0.2, 0.25) is 10.0 Å². The first-order chi connectivity index (χ1) is 12.4. The molecule has 1 atom stereocenters. The van der Waals surface area contributed by atoms with E-state index in [9.17, 15) is 9.59 Å². The molecule has 6 heteroatoms. The lowest BCUT2D eigenvalue weighted by Gasteiger charge is -2.28. The zero-order valence-electron chi connectivity index (χ0n) is 14.8. The quantitative estimate of drug-likeness (QED) is 0.756. The monoisotopic (exact) mass is 392 g/mol. The Kier molecular flexibility index (Phi) is 7.49. The SMILES string of the molecule is CCC(=O)N(Cc1ccccc1)[C@H](C)C(=O)NCc1ccc(Cl)cc1Cl. The van der Waals surface area contributed by atoms with E-state index in [2.05, 4.69) is 5.32 Å². The summed E-state index contributed by atoms with van der Waals surface area (Å²) in [6.07, 6.45) is 0.341. The minimum atomic E-state index is -0.589. The predicted molar refractivity (Wildman–Crippen MR) is 105 cm³/mol. The molecule has 2 rings (SSSR count). The molecule has 2 amide bonds. The number of amides is 2. The van der Waals surface area contributed by atoms with Crippen LogP contribution in [0.5, 0.6) is 0 Å². The molecular formula is C20H22Cl2N2O2. The molecule has 0 aliphatic heterocycles. The van der Waals surface area contributed by atoms with Crippen molar-refractivity contribution in [1.82, 2.24) is 10.2 Å². The second kappa shape index (κ2) is 9.60. The van der Waals surface area contributed by atoms with Crippen molar-refractivity contribution in [2.45, 2.75) is 39.4 Å². The summed E-state index contributed by atoms with van der Waals surface area (Å²) in [4.78, 5) is 26.5. The average molecular weight is 393 g/mol. The van der Waals surface area contributed by atoms with Gasteiger partial charge in [-0.1, -0.05) is 66.5 Å². The summed E-state index contributed by atoms with van der Waals surface area (Å²) in [5.74, 6) is -0.297. The van der Waals surface area contributed by atoms with Gasteiger partial charge in [-0.15, -0.1) is 0 Å². The fourth-order valence-corrected chi connectivity index (χ4v) is 3.04. The third-order valence-electron chi connectivity index (χ3n) is 4.13. The Labute approximate surface area is 164 Å². The van der Waals surface area contributed by atoms with Crippen molar-refractivity contribution >= 4 is 35.0 Å². The molecule has 0 heterocycles. The molecule has 0 bridgehead atoms. The normalized spacial score (nSPS) is 11.7. The second-order valence-electron chi connectivity index (χ2n) is 5.99. The maximum Gasteiger partial charge on any atom is 0.242 e. The molecule has 0 spiro atoms. The first-order valence-corrected chi connectivity index (χ1v) is 9.23. The topological polar surface area (TPSA) is 49.4 Å². The van der Waals surface area contributed by atoms with E-state index < -0.39 is 6.04 Å². The van der Waals surface area contributed by atoms with E-state index in [4.69, 9.17) is 23.2 Å². The number of rotatable bonds is 7. The smallest absolute Gasteiger partial charge is 0.242 e. The molecule has 0 saturated heterocycles. The molecule has 0 fully saturated rings. The number of nitrogens with zero attached hydrogens (tertiary/aromatic N) is 1. The Balaban J connectivity index is 2.05. The van der Waals surface area contributed by atoms with Crippen molar-refractivity contribution in [3.63, 3.8) is 0 Å². The zero-order valence-corrected chi connectivity index (χ0v) is 16.3.